The van der Waals surface area contributed by atoms with Gasteiger partial charge in [-0.1, -0.05) is 48.5 Å². The van der Waals surface area contributed by atoms with Gasteiger partial charge in [-0.3, -0.25) is 9.48 Å². The second-order valence-corrected chi connectivity index (χ2v) is 6.94. The molecule has 5 heteroatoms. The highest BCUT2D eigenvalue weighted by Crippen LogP contribution is 2.43. The number of fused-ring (bicyclic) bond motifs is 3. The van der Waals surface area contributed by atoms with Gasteiger partial charge >= 0.3 is 0 Å². The third kappa shape index (κ3) is 2.50. The molecule has 0 unspecified atom stereocenters. The maximum atomic E-state index is 13.0. The minimum Gasteiger partial charge on any atom is -0.340 e. The molecule has 1 amide bonds. The van der Waals surface area contributed by atoms with E-state index in [0.29, 0.717) is 12.2 Å². The van der Waals surface area contributed by atoms with Crippen molar-refractivity contribution in [2.24, 2.45) is 0 Å². The predicted octanol–water partition coefficient (Wildman–Crippen LogP) is 4.47. The molecule has 0 saturated carbocycles. The first kappa shape index (κ1) is 16.1. The van der Waals surface area contributed by atoms with Gasteiger partial charge in [0.25, 0.3) is 5.91 Å². The van der Waals surface area contributed by atoms with E-state index in [2.05, 4.69) is 50.6 Å². The highest BCUT2D eigenvalue weighted by Gasteiger charge is 2.31. The van der Waals surface area contributed by atoms with Crippen LogP contribution in [0.25, 0.3) is 11.1 Å². The number of hydrogen-bond donors (Lipinski definition) is 1. The molecule has 126 valence electrons. The Bertz CT molecular complexity index is 931. The topological polar surface area (TPSA) is 46.9 Å². The molecule has 0 bridgehead atoms. The van der Waals surface area contributed by atoms with Gasteiger partial charge < -0.3 is 5.32 Å². The Morgan fingerprint density at radius 2 is 1.68 bits per heavy atom. The highest BCUT2D eigenvalue weighted by atomic mass is 79.9. The number of aromatic nitrogens is 2. The number of hydrogen-bond acceptors (Lipinski definition) is 2. The number of rotatable bonds is 3. The lowest BCUT2D eigenvalue weighted by Gasteiger charge is -2.16. The summed E-state index contributed by atoms with van der Waals surface area (Å²) in [6.45, 7) is 4.52. The normalized spacial score (nSPS) is 12.8. The zero-order valence-corrected chi connectivity index (χ0v) is 15.7. The third-order valence-electron chi connectivity index (χ3n) is 4.68. The fraction of sp³-hybridized carbons (Fsp3) is 0.200. The van der Waals surface area contributed by atoms with Gasteiger partial charge in [0.15, 0.2) is 0 Å². The Balaban J connectivity index is 1.76. The van der Waals surface area contributed by atoms with Gasteiger partial charge in [0.05, 0.1) is 16.2 Å². The lowest BCUT2D eigenvalue weighted by Crippen LogP contribution is -2.30. The van der Waals surface area contributed by atoms with E-state index in [-0.39, 0.29) is 11.9 Å². The Morgan fingerprint density at radius 3 is 2.24 bits per heavy atom. The molecule has 25 heavy (non-hydrogen) atoms. The van der Waals surface area contributed by atoms with E-state index in [4.69, 9.17) is 0 Å². The Morgan fingerprint density at radius 1 is 1.12 bits per heavy atom. The van der Waals surface area contributed by atoms with Crippen LogP contribution in [0.2, 0.25) is 0 Å². The van der Waals surface area contributed by atoms with Crippen molar-refractivity contribution in [1.82, 2.24) is 15.1 Å². The molecule has 2 aromatic carbocycles. The van der Waals surface area contributed by atoms with E-state index in [1.165, 1.54) is 11.1 Å². The van der Waals surface area contributed by atoms with Crippen molar-refractivity contribution in [3.63, 3.8) is 0 Å². The minimum absolute atomic E-state index is 0.120. The summed E-state index contributed by atoms with van der Waals surface area (Å²) in [5.41, 5.74) is 6.02. The average Bonchev–Trinajstić information content (AvgIpc) is 3.11. The van der Waals surface area contributed by atoms with Crippen molar-refractivity contribution >= 4 is 21.8 Å². The fourth-order valence-electron chi connectivity index (χ4n) is 3.52. The second-order valence-electron chi connectivity index (χ2n) is 6.14. The smallest absolute Gasteiger partial charge is 0.271 e. The molecule has 0 radical (unpaired) electrons. The highest BCUT2D eigenvalue weighted by molar-refractivity contribution is 9.10. The van der Waals surface area contributed by atoms with Crippen molar-refractivity contribution in [2.45, 2.75) is 26.4 Å². The molecule has 1 N–H and O–H groups in total. The average molecular weight is 396 g/mol. The molecule has 1 aliphatic carbocycles. The van der Waals surface area contributed by atoms with Crippen molar-refractivity contribution in [3.05, 3.63) is 75.5 Å². The number of benzene rings is 2. The van der Waals surface area contributed by atoms with Crippen LogP contribution in [0.1, 0.15) is 40.3 Å². The van der Waals surface area contributed by atoms with Crippen LogP contribution in [0.3, 0.4) is 0 Å². The summed E-state index contributed by atoms with van der Waals surface area (Å²) in [5.74, 6) is -0.120. The maximum Gasteiger partial charge on any atom is 0.271 e. The van der Waals surface area contributed by atoms with Crippen LogP contribution >= 0.6 is 15.9 Å². The molecule has 4 nitrogen and oxygen atoms in total. The SMILES string of the molecule is CCn1nc(C)c(Br)c1C(=O)NC1c2ccccc2-c2ccccc21. The zero-order valence-electron chi connectivity index (χ0n) is 14.1. The first-order valence-electron chi connectivity index (χ1n) is 8.33. The van der Waals surface area contributed by atoms with E-state index in [1.807, 2.05) is 38.1 Å². The van der Waals surface area contributed by atoms with Crippen LogP contribution in [0.5, 0.6) is 0 Å². The minimum atomic E-state index is -0.146. The number of aryl methyl sites for hydroxylation is 2. The Kier molecular flexibility index (Phi) is 3.96. The van der Waals surface area contributed by atoms with Crippen LogP contribution in [0.15, 0.2) is 53.0 Å². The number of carbonyl (C=O) groups excluding carboxylic acids is 1. The van der Waals surface area contributed by atoms with Crippen molar-refractivity contribution in [2.75, 3.05) is 0 Å². The number of halogens is 1. The van der Waals surface area contributed by atoms with Gasteiger partial charge in [-0.2, -0.15) is 5.10 Å². The number of nitrogens with zero attached hydrogens (tertiary/aromatic N) is 2. The summed E-state index contributed by atoms with van der Waals surface area (Å²) >= 11 is 3.51. The van der Waals surface area contributed by atoms with Crippen LogP contribution in [0, 0.1) is 6.92 Å². The molecule has 0 aliphatic heterocycles. The predicted molar refractivity (Wildman–Crippen MR) is 102 cm³/mol. The summed E-state index contributed by atoms with van der Waals surface area (Å²) in [7, 11) is 0. The standard InChI is InChI=1S/C20H18BrN3O/c1-3-24-19(17(21)12(2)23-24)20(25)22-18-15-10-6-4-8-13(15)14-9-5-7-11-16(14)18/h4-11,18H,3H2,1-2H3,(H,22,25). The van der Waals surface area contributed by atoms with E-state index >= 15 is 0 Å². The van der Waals surface area contributed by atoms with Crippen molar-refractivity contribution in [1.29, 1.82) is 0 Å². The molecule has 0 saturated heterocycles. The first-order chi connectivity index (χ1) is 12.1. The molecule has 0 fully saturated rings. The molecule has 3 aromatic rings. The number of nitrogens with one attached hydrogen (secondary N) is 1. The summed E-state index contributed by atoms with van der Waals surface area (Å²) in [5, 5.41) is 7.63. The molecule has 0 atom stereocenters. The molecule has 0 spiro atoms. The molecular weight excluding hydrogens is 378 g/mol. The largest absolute Gasteiger partial charge is 0.340 e. The monoisotopic (exact) mass is 395 g/mol. The van der Waals surface area contributed by atoms with Gasteiger partial charge in [-0.15, -0.1) is 0 Å². The Hall–Kier alpha value is -2.40. The van der Waals surface area contributed by atoms with Gasteiger partial charge in [-0.05, 0) is 52.0 Å². The molecule has 1 aromatic heterocycles. The summed E-state index contributed by atoms with van der Waals surface area (Å²) in [4.78, 5) is 13.0. The van der Waals surface area contributed by atoms with Gasteiger partial charge in [0.1, 0.15) is 5.69 Å². The third-order valence-corrected chi connectivity index (χ3v) is 5.63. The molecule has 4 rings (SSSR count). The van der Waals surface area contributed by atoms with Crippen molar-refractivity contribution < 1.29 is 4.79 Å². The lowest BCUT2D eigenvalue weighted by molar-refractivity contribution is 0.0932. The second kappa shape index (κ2) is 6.15. The summed E-state index contributed by atoms with van der Waals surface area (Å²) < 4.78 is 2.49. The first-order valence-corrected chi connectivity index (χ1v) is 9.13. The van der Waals surface area contributed by atoms with Crippen molar-refractivity contribution in [3.8, 4) is 11.1 Å². The lowest BCUT2D eigenvalue weighted by atomic mass is 10.1. The van der Waals surface area contributed by atoms with Gasteiger partial charge in [0, 0.05) is 6.54 Å². The summed E-state index contributed by atoms with van der Waals surface area (Å²) in [6.07, 6.45) is 0. The fourth-order valence-corrected chi connectivity index (χ4v) is 3.98. The Labute approximate surface area is 155 Å². The van der Waals surface area contributed by atoms with E-state index < -0.39 is 0 Å². The molecular formula is C20H18BrN3O. The van der Waals surface area contributed by atoms with Crippen LogP contribution in [0.4, 0.5) is 0 Å². The number of amides is 1. The summed E-state index contributed by atoms with van der Waals surface area (Å²) in [6, 6.07) is 16.3. The zero-order chi connectivity index (χ0) is 17.6. The van der Waals surface area contributed by atoms with E-state index in [1.54, 1.807) is 4.68 Å². The number of carbonyl (C=O) groups is 1. The van der Waals surface area contributed by atoms with E-state index in [0.717, 1.165) is 21.3 Å². The molecule has 1 aliphatic rings. The molecule has 1 heterocycles. The van der Waals surface area contributed by atoms with Gasteiger partial charge in [0.2, 0.25) is 0 Å². The quantitative estimate of drug-likeness (QED) is 0.710. The van der Waals surface area contributed by atoms with E-state index in [9.17, 15) is 4.79 Å². The van der Waals surface area contributed by atoms with Crippen LogP contribution < -0.4 is 5.32 Å². The van der Waals surface area contributed by atoms with Crippen LogP contribution in [-0.2, 0) is 6.54 Å². The van der Waals surface area contributed by atoms with Crippen LogP contribution in [-0.4, -0.2) is 15.7 Å². The maximum absolute atomic E-state index is 13.0. The van der Waals surface area contributed by atoms with Gasteiger partial charge in [-0.25, -0.2) is 0 Å².